The number of carbonyl (C=O) groups is 2. The molecule has 0 aliphatic carbocycles. The fraction of sp³-hybridized carbons (Fsp3) is 0.263. The van der Waals surface area contributed by atoms with E-state index in [1.165, 1.54) is 13.2 Å². The van der Waals surface area contributed by atoms with Crippen molar-refractivity contribution in [2.45, 2.75) is 13.3 Å². The number of ketones is 1. The van der Waals surface area contributed by atoms with Crippen LogP contribution in [0.5, 0.6) is 11.5 Å². The average molecular weight is 442 g/mol. The van der Waals surface area contributed by atoms with Gasteiger partial charge in [-0.05, 0) is 58.7 Å². The Morgan fingerprint density at radius 2 is 1.81 bits per heavy atom. The third kappa shape index (κ3) is 5.22. The van der Waals surface area contributed by atoms with Crippen molar-refractivity contribution in [3.8, 4) is 11.5 Å². The molecule has 0 unspecified atom stereocenters. The second kappa shape index (κ2) is 9.59. The van der Waals surface area contributed by atoms with Crippen LogP contribution >= 0.6 is 27.5 Å². The summed E-state index contributed by atoms with van der Waals surface area (Å²) in [5.74, 6) is -0.0238. The summed E-state index contributed by atoms with van der Waals surface area (Å²) in [6, 6.07) is 9.46. The third-order valence-corrected chi connectivity index (χ3v) is 4.26. The standard InChI is InChI=1S/C19H18BrClO5/c1-3-8-25-18-15(20)9-13(10-17(18)24-2)19(23)26-11-16(22)12-4-6-14(21)7-5-12/h4-7,9-10H,3,8,11H2,1-2H3. The van der Waals surface area contributed by atoms with Crippen LogP contribution in [-0.4, -0.2) is 32.1 Å². The van der Waals surface area contributed by atoms with Gasteiger partial charge in [-0.25, -0.2) is 4.79 Å². The lowest BCUT2D eigenvalue weighted by Crippen LogP contribution is -2.14. The van der Waals surface area contributed by atoms with E-state index in [0.717, 1.165) is 6.42 Å². The quantitative estimate of drug-likeness (QED) is 0.429. The first-order chi connectivity index (χ1) is 12.5. The van der Waals surface area contributed by atoms with E-state index in [0.29, 0.717) is 33.2 Å². The number of esters is 1. The van der Waals surface area contributed by atoms with Crippen molar-refractivity contribution in [1.82, 2.24) is 0 Å². The summed E-state index contributed by atoms with van der Waals surface area (Å²) in [7, 11) is 1.49. The lowest BCUT2D eigenvalue weighted by Gasteiger charge is -2.13. The van der Waals surface area contributed by atoms with Crippen molar-refractivity contribution >= 4 is 39.3 Å². The van der Waals surface area contributed by atoms with Crippen LogP contribution < -0.4 is 9.47 Å². The van der Waals surface area contributed by atoms with Crippen molar-refractivity contribution in [3.63, 3.8) is 0 Å². The minimum atomic E-state index is -0.631. The number of Topliss-reactive ketones (excluding diaryl/α,β-unsaturated/α-hetero) is 1. The van der Waals surface area contributed by atoms with Crippen LogP contribution in [-0.2, 0) is 4.74 Å². The number of rotatable bonds is 8. The lowest BCUT2D eigenvalue weighted by molar-refractivity contribution is 0.0474. The van der Waals surface area contributed by atoms with Crippen molar-refractivity contribution in [3.05, 3.63) is 57.0 Å². The summed E-state index contributed by atoms with van der Waals surface area (Å²) in [4.78, 5) is 24.3. The highest BCUT2D eigenvalue weighted by Crippen LogP contribution is 2.37. The molecule has 0 amide bonds. The van der Waals surface area contributed by atoms with E-state index in [2.05, 4.69) is 15.9 Å². The zero-order chi connectivity index (χ0) is 19.1. The van der Waals surface area contributed by atoms with Crippen LogP contribution in [0.2, 0.25) is 5.02 Å². The summed E-state index contributed by atoms with van der Waals surface area (Å²) in [5.41, 5.74) is 0.672. The van der Waals surface area contributed by atoms with Gasteiger partial charge in [0.2, 0.25) is 0 Å². The van der Waals surface area contributed by atoms with Gasteiger partial charge in [0.1, 0.15) is 0 Å². The highest BCUT2D eigenvalue weighted by atomic mass is 79.9. The number of hydrogen-bond donors (Lipinski definition) is 0. The number of methoxy groups -OCH3 is 1. The molecule has 0 atom stereocenters. The fourth-order valence-corrected chi connectivity index (χ4v) is 2.80. The second-order valence-corrected chi connectivity index (χ2v) is 6.63. The van der Waals surface area contributed by atoms with Gasteiger partial charge < -0.3 is 14.2 Å². The monoisotopic (exact) mass is 440 g/mol. The molecule has 2 aromatic rings. The Morgan fingerprint density at radius 3 is 2.42 bits per heavy atom. The van der Waals surface area contributed by atoms with Crippen LogP contribution in [0.25, 0.3) is 0 Å². The van der Waals surface area contributed by atoms with Crippen molar-refractivity contribution < 1.29 is 23.8 Å². The Hall–Kier alpha value is -2.05. The van der Waals surface area contributed by atoms with Gasteiger partial charge in [-0.2, -0.15) is 0 Å². The zero-order valence-electron chi connectivity index (χ0n) is 14.4. The van der Waals surface area contributed by atoms with Gasteiger partial charge in [0.25, 0.3) is 0 Å². The lowest BCUT2D eigenvalue weighted by atomic mass is 10.1. The highest BCUT2D eigenvalue weighted by molar-refractivity contribution is 9.10. The normalized spacial score (nSPS) is 10.3. The van der Waals surface area contributed by atoms with E-state index in [9.17, 15) is 9.59 Å². The van der Waals surface area contributed by atoms with Gasteiger partial charge in [0, 0.05) is 10.6 Å². The first kappa shape index (κ1) is 20.3. The zero-order valence-corrected chi connectivity index (χ0v) is 16.7. The molecular weight excluding hydrogens is 424 g/mol. The van der Waals surface area contributed by atoms with Gasteiger partial charge in [0.05, 0.1) is 23.8 Å². The predicted octanol–water partition coefficient (Wildman–Crippen LogP) is 4.94. The van der Waals surface area contributed by atoms with Crippen LogP contribution in [0.1, 0.15) is 34.1 Å². The summed E-state index contributed by atoms with van der Waals surface area (Å²) in [6.07, 6.45) is 0.839. The Balaban J connectivity index is 2.08. The molecule has 2 aromatic carbocycles. The minimum absolute atomic E-state index is 0.251. The molecule has 7 heteroatoms. The number of ether oxygens (including phenoxy) is 3. The van der Waals surface area contributed by atoms with Crippen molar-refractivity contribution in [2.75, 3.05) is 20.3 Å². The molecule has 0 N–H and O–H groups in total. The molecule has 0 radical (unpaired) electrons. The predicted molar refractivity (Wildman–Crippen MR) is 103 cm³/mol. The highest BCUT2D eigenvalue weighted by Gasteiger charge is 2.18. The first-order valence-electron chi connectivity index (χ1n) is 7.92. The van der Waals surface area contributed by atoms with E-state index >= 15 is 0 Å². The molecule has 0 aromatic heterocycles. The van der Waals surface area contributed by atoms with Crippen molar-refractivity contribution in [2.24, 2.45) is 0 Å². The van der Waals surface area contributed by atoms with E-state index in [-0.39, 0.29) is 18.0 Å². The summed E-state index contributed by atoms with van der Waals surface area (Å²) in [6.45, 7) is 2.15. The molecule has 0 spiro atoms. The van der Waals surface area contributed by atoms with E-state index < -0.39 is 5.97 Å². The number of halogens is 2. The molecule has 0 saturated heterocycles. The Kier molecular flexibility index (Phi) is 7.48. The SMILES string of the molecule is CCCOc1c(Br)cc(C(=O)OCC(=O)c2ccc(Cl)cc2)cc1OC. The average Bonchev–Trinajstić information content (AvgIpc) is 2.64. The molecule has 0 bridgehead atoms. The maximum atomic E-state index is 12.3. The minimum Gasteiger partial charge on any atom is -0.493 e. The van der Waals surface area contributed by atoms with Gasteiger partial charge in [-0.1, -0.05) is 18.5 Å². The van der Waals surface area contributed by atoms with Crippen molar-refractivity contribution in [1.29, 1.82) is 0 Å². The van der Waals surface area contributed by atoms with Gasteiger partial charge in [-0.3, -0.25) is 4.79 Å². The number of carbonyl (C=O) groups excluding carboxylic acids is 2. The smallest absolute Gasteiger partial charge is 0.338 e. The summed E-state index contributed by atoms with van der Waals surface area (Å²) in [5, 5.41) is 0.529. The molecule has 0 heterocycles. The summed E-state index contributed by atoms with van der Waals surface area (Å²) >= 11 is 9.16. The molecule has 0 saturated carbocycles. The Labute approximate surface area is 165 Å². The van der Waals surface area contributed by atoms with E-state index in [1.54, 1.807) is 30.3 Å². The Morgan fingerprint density at radius 1 is 1.12 bits per heavy atom. The molecule has 138 valence electrons. The Bertz CT molecular complexity index is 789. The fourth-order valence-electron chi connectivity index (χ4n) is 2.12. The summed E-state index contributed by atoms with van der Waals surface area (Å²) < 4.78 is 16.6. The molecule has 0 fully saturated rings. The van der Waals surface area contributed by atoms with E-state index in [1.807, 2.05) is 6.92 Å². The van der Waals surface area contributed by atoms with E-state index in [4.69, 9.17) is 25.8 Å². The van der Waals surface area contributed by atoms with Gasteiger partial charge >= 0.3 is 5.97 Å². The number of benzene rings is 2. The van der Waals surface area contributed by atoms with Crippen LogP contribution in [0.3, 0.4) is 0 Å². The third-order valence-electron chi connectivity index (χ3n) is 3.42. The van der Waals surface area contributed by atoms with Crippen LogP contribution in [0, 0.1) is 0 Å². The maximum Gasteiger partial charge on any atom is 0.338 e. The first-order valence-corrected chi connectivity index (χ1v) is 9.09. The molecule has 2 rings (SSSR count). The largest absolute Gasteiger partial charge is 0.493 e. The molecular formula is C19H18BrClO5. The van der Waals surface area contributed by atoms with Gasteiger partial charge in [-0.15, -0.1) is 0 Å². The second-order valence-electron chi connectivity index (χ2n) is 5.34. The molecule has 26 heavy (non-hydrogen) atoms. The molecule has 5 nitrogen and oxygen atoms in total. The van der Waals surface area contributed by atoms with Crippen LogP contribution in [0.4, 0.5) is 0 Å². The number of hydrogen-bond acceptors (Lipinski definition) is 5. The van der Waals surface area contributed by atoms with Crippen LogP contribution in [0.15, 0.2) is 40.9 Å². The topological polar surface area (TPSA) is 61.8 Å². The molecule has 0 aliphatic rings. The molecule has 0 aliphatic heterocycles. The maximum absolute atomic E-state index is 12.3. The van der Waals surface area contributed by atoms with Gasteiger partial charge in [0.15, 0.2) is 23.9 Å².